The lowest BCUT2D eigenvalue weighted by molar-refractivity contribution is 1.18. The molecule has 1 aromatic heterocycles. The summed E-state index contributed by atoms with van der Waals surface area (Å²) in [5.74, 6) is 0. The van der Waals surface area contributed by atoms with E-state index in [-0.39, 0.29) is 0 Å². The molecule has 0 radical (unpaired) electrons. The van der Waals surface area contributed by atoms with Gasteiger partial charge in [-0.2, -0.15) is 0 Å². The number of hydrogen-bond acceptors (Lipinski definition) is 1. The third-order valence-corrected chi connectivity index (χ3v) is 12.8. The van der Waals surface area contributed by atoms with Crippen LogP contribution in [0.25, 0.3) is 93.5 Å². The molecule has 2 heteroatoms. The van der Waals surface area contributed by atoms with Gasteiger partial charge in [0.2, 0.25) is 0 Å². The summed E-state index contributed by atoms with van der Waals surface area (Å²) < 4.78 is 2.46. The molecule has 0 aliphatic rings. The number of para-hydroxylation sites is 1. The maximum atomic E-state index is 2.46. The van der Waals surface area contributed by atoms with Gasteiger partial charge in [-0.3, -0.25) is 0 Å². The van der Waals surface area contributed by atoms with Crippen LogP contribution in [0.15, 0.2) is 255 Å². The lowest BCUT2D eigenvalue weighted by atomic mass is 9.98. The van der Waals surface area contributed by atoms with Crippen LogP contribution < -0.4 is 4.90 Å². The molecule has 12 aromatic rings. The number of aromatic nitrogens is 1. The number of anilines is 3. The van der Waals surface area contributed by atoms with E-state index in [4.69, 9.17) is 0 Å². The van der Waals surface area contributed by atoms with Gasteiger partial charge in [-0.25, -0.2) is 0 Å². The Labute approximate surface area is 373 Å². The van der Waals surface area contributed by atoms with Gasteiger partial charge in [0.05, 0.1) is 22.4 Å². The van der Waals surface area contributed by atoms with E-state index in [9.17, 15) is 0 Å². The summed E-state index contributed by atoms with van der Waals surface area (Å²) in [7, 11) is 0. The molecule has 0 aliphatic carbocycles. The topological polar surface area (TPSA) is 8.17 Å². The normalized spacial score (nSPS) is 11.4. The average Bonchev–Trinajstić information content (AvgIpc) is 3.70. The van der Waals surface area contributed by atoms with E-state index >= 15 is 0 Å². The molecule has 0 fully saturated rings. The van der Waals surface area contributed by atoms with E-state index in [1.807, 2.05) is 0 Å². The molecule has 0 atom stereocenters. The van der Waals surface area contributed by atoms with Gasteiger partial charge in [0.1, 0.15) is 0 Å². The van der Waals surface area contributed by atoms with Crippen molar-refractivity contribution >= 4 is 60.4 Å². The van der Waals surface area contributed by atoms with E-state index in [0.717, 1.165) is 28.3 Å². The van der Waals surface area contributed by atoms with Crippen LogP contribution in [-0.4, -0.2) is 4.57 Å². The first kappa shape index (κ1) is 37.3. The third-order valence-electron chi connectivity index (χ3n) is 12.8. The molecule has 2 nitrogen and oxygen atoms in total. The monoisotopic (exact) mass is 814 g/mol. The van der Waals surface area contributed by atoms with Gasteiger partial charge < -0.3 is 9.47 Å². The molecule has 0 amide bonds. The van der Waals surface area contributed by atoms with Crippen molar-refractivity contribution < 1.29 is 0 Å². The van der Waals surface area contributed by atoms with E-state index in [0.29, 0.717) is 0 Å². The summed E-state index contributed by atoms with van der Waals surface area (Å²) in [5.41, 5.74) is 16.4. The first-order chi connectivity index (χ1) is 31.7. The fraction of sp³-hybridized carbons (Fsp3) is 0. The third kappa shape index (κ3) is 6.52. The smallest absolute Gasteiger partial charge is 0.0546 e. The summed E-state index contributed by atoms with van der Waals surface area (Å²) >= 11 is 0. The zero-order chi connectivity index (χ0) is 42.4. The molecular weight excluding hydrogens is 773 g/mol. The van der Waals surface area contributed by atoms with Gasteiger partial charge in [0, 0.05) is 33.1 Å². The highest BCUT2D eigenvalue weighted by Crippen LogP contribution is 2.44. The van der Waals surface area contributed by atoms with Crippen molar-refractivity contribution in [2.45, 2.75) is 0 Å². The molecule has 1 heterocycles. The summed E-state index contributed by atoms with van der Waals surface area (Å²) in [6.07, 6.45) is 0. The molecule has 12 rings (SSSR count). The van der Waals surface area contributed by atoms with Crippen molar-refractivity contribution in [1.82, 2.24) is 4.57 Å². The number of nitrogens with zero attached hydrogens (tertiary/aromatic N) is 2. The molecule has 0 N–H and O–H groups in total. The number of rotatable bonds is 8. The zero-order valence-corrected chi connectivity index (χ0v) is 35.1. The minimum atomic E-state index is 1.09. The van der Waals surface area contributed by atoms with E-state index in [1.54, 1.807) is 0 Å². The molecule has 0 unspecified atom stereocenters. The average molecular weight is 815 g/mol. The highest BCUT2D eigenvalue weighted by atomic mass is 15.1. The van der Waals surface area contributed by atoms with Crippen molar-refractivity contribution in [1.29, 1.82) is 0 Å². The lowest BCUT2D eigenvalue weighted by Crippen LogP contribution is -2.11. The maximum absolute atomic E-state index is 2.46. The quantitative estimate of drug-likeness (QED) is 0.139. The van der Waals surface area contributed by atoms with Crippen molar-refractivity contribution in [3.05, 3.63) is 255 Å². The Bertz CT molecular complexity index is 3550. The summed E-state index contributed by atoms with van der Waals surface area (Å²) in [4.78, 5) is 2.43. The van der Waals surface area contributed by atoms with Crippen molar-refractivity contribution in [3.8, 4) is 50.2 Å². The van der Waals surface area contributed by atoms with Gasteiger partial charge in [-0.1, -0.05) is 194 Å². The molecule has 0 spiro atoms. The highest BCUT2D eigenvalue weighted by Gasteiger charge is 2.20. The Morgan fingerprint density at radius 1 is 0.266 bits per heavy atom. The van der Waals surface area contributed by atoms with Gasteiger partial charge in [0.15, 0.2) is 0 Å². The predicted molar refractivity (Wildman–Crippen MR) is 272 cm³/mol. The minimum absolute atomic E-state index is 1.09. The fourth-order valence-corrected chi connectivity index (χ4v) is 9.71. The van der Waals surface area contributed by atoms with Gasteiger partial charge in [-0.05, 0) is 116 Å². The molecule has 0 bridgehead atoms. The van der Waals surface area contributed by atoms with Crippen LogP contribution >= 0.6 is 0 Å². The second kappa shape index (κ2) is 15.8. The van der Waals surface area contributed by atoms with Crippen LogP contribution in [0.3, 0.4) is 0 Å². The number of fused-ring (bicyclic) bond motifs is 6. The second-order valence-corrected chi connectivity index (χ2v) is 16.5. The Morgan fingerprint density at radius 3 is 1.38 bits per heavy atom. The largest absolute Gasteiger partial charge is 0.310 e. The maximum Gasteiger partial charge on any atom is 0.0546 e. The van der Waals surface area contributed by atoms with Crippen LogP contribution in [0.2, 0.25) is 0 Å². The first-order valence-electron chi connectivity index (χ1n) is 22.0. The van der Waals surface area contributed by atoms with E-state index < -0.39 is 0 Å². The first-order valence-corrected chi connectivity index (χ1v) is 22.0. The van der Waals surface area contributed by atoms with Gasteiger partial charge in [-0.15, -0.1) is 0 Å². The summed E-state index contributed by atoms with van der Waals surface area (Å²) in [6.45, 7) is 0. The van der Waals surface area contributed by atoms with Crippen molar-refractivity contribution in [2.75, 3.05) is 4.90 Å². The summed E-state index contributed by atoms with van der Waals surface area (Å²) in [6, 6.07) is 92.7. The van der Waals surface area contributed by atoms with Crippen LogP contribution in [0, 0.1) is 0 Å². The van der Waals surface area contributed by atoms with Gasteiger partial charge >= 0.3 is 0 Å². The zero-order valence-electron chi connectivity index (χ0n) is 35.1. The molecule has 11 aromatic carbocycles. The molecule has 0 saturated carbocycles. The predicted octanol–water partition coefficient (Wildman–Crippen LogP) is 17.2. The van der Waals surface area contributed by atoms with Crippen LogP contribution in [0.1, 0.15) is 0 Å². The number of benzene rings is 11. The molecular formula is C62H42N2. The molecule has 0 saturated heterocycles. The van der Waals surface area contributed by atoms with Crippen molar-refractivity contribution in [2.24, 2.45) is 0 Å². The second-order valence-electron chi connectivity index (χ2n) is 16.5. The Balaban J connectivity index is 1.02. The fourth-order valence-electron chi connectivity index (χ4n) is 9.71. The standard InChI is InChI=1S/C62H42N2/c1-4-17-43(18-5-1)47-24-16-25-52(39-47)63(62-42-50-23-10-11-26-53(50)55-28-12-13-29-56(55)62)51-35-31-46(32-36-51)54-27-14-15-30-59(54)64-60-37-33-48(44-19-6-2-7-20-44)40-57(60)58-41-49(34-38-61(58)64)45-21-8-3-9-22-45/h1-42H. The summed E-state index contributed by atoms with van der Waals surface area (Å²) in [5, 5.41) is 7.38. The van der Waals surface area contributed by atoms with Crippen LogP contribution in [-0.2, 0) is 0 Å². The van der Waals surface area contributed by atoms with E-state index in [1.165, 1.54) is 82.3 Å². The molecule has 0 aliphatic heterocycles. The molecule has 300 valence electrons. The Hall–Kier alpha value is -8.46. The molecule has 64 heavy (non-hydrogen) atoms. The van der Waals surface area contributed by atoms with Gasteiger partial charge in [0.25, 0.3) is 0 Å². The van der Waals surface area contributed by atoms with Crippen LogP contribution in [0.5, 0.6) is 0 Å². The Morgan fingerprint density at radius 2 is 0.750 bits per heavy atom. The SMILES string of the molecule is c1ccc(-c2cccc(N(c3ccc(-c4ccccc4-n4c5ccc(-c6ccccc6)cc5c5cc(-c6ccccc6)ccc54)cc3)c3cc4ccccc4c4ccccc34)c2)cc1. The van der Waals surface area contributed by atoms with Crippen molar-refractivity contribution in [3.63, 3.8) is 0 Å². The highest BCUT2D eigenvalue weighted by molar-refractivity contribution is 6.15. The number of hydrogen-bond donors (Lipinski definition) is 0. The van der Waals surface area contributed by atoms with Crippen LogP contribution in [0.4, 0.5) is 17.1 Å². The Kier molecular flexibility index (Phi) is 9.20. The van der Waals surface area contributed by atoms with E-state index in [2.05, 4.69) is 264 Å². The lowest BCUT2D eigenvalue weighted by Gasteiger charge is -2.28. The minimum Gasteiger partial charge on any atom is -0.310 e.